The number of nitrogens with one attached hydrogen (secondary N) is 1. The summed E-state index contributed by atoms with van der Waals surface area (Å²) in [5.74, 6) is 2.54. The molecular weight excluding hydrogens is 230 g/mol. The predicted octanol–water partition coefficient (Wildman–Crippen LogP) is 3.39. The Hall–Kier alpha value is -0.960. The summed E-state index contributed by atoms with van der Waals surface area (Å²) in [7, 11) is 0. The summed E-state index contributed by atoms with van der Waals surface area (Å²) < 4.78 is 0. The van der Waals surface area contributed by atoms with Crippen molar-refractivity contribution in [2.45, 2.75) is 26.7 Å². The summed E-state index contributed by atoms with van der Waals surface area (Å²) in [5, 5.41) is 3.03. The smallest absolute Gasteiger partial charge is 0.228 e. The van der Waals surface area contributed by atoms with E-state index in [9.17, 15) is 4.79 Å². The van der Waals surface area contributed by atoms with Gasteiger partial charge in [-0.1, -0.05) is 6.07 Å². The average Bonchev–Trinajstić information content (AvgIpc) is 2.35. The van der Waals surface area contributed by atoms with Gasteiger partial charge in [-0.15, -0.1) is 0 Å². The summed E-state index contributed by atoms with van der Waals surface area (Å²) >= 11 is 1.89. The van der Waals surface area contributed by atoms with Gasteiger partial charge in [0.25, 0.3) is 0 Å². The van der Waals surface area contributed by atoms with Crippen LogP contribution >= 0.6 is 11.8 Å². The van der Waals surface area contributed by atoms with E-state index >= 15 is 0 Å². The molecule has 0 bridgehead atoms. The van der Waals surface area contributed by atoms with Crippen LogP contribution in [-0.4, -0.2) is 17.4 Å². The molecule has 2 rings (SSSR count). The van der Waals surface area contributed by atoms with Gasteiger partial charge in [0.2, 0.25) is 5.91 Å². The van der Waals surface area contributed by atoms with Crippen molar-refractivity contribution in [2.75, 3.05) is 16.8 Å². The van der Waals surface area contributed by atoms with Gasteiger partial charge in [0, 0.05) is 17.4 Å². The first-order valence-electron chi connectivity index (χ1n) is 6.12. The molecule has 0 spiro atoms. The van der Waals surface area contributed by atoms with Gasteiger partial charge in [0.05, 0.1) is 0 Å². The van der Waals surface area contributed by atoms with Crippen molar-refractivity contribution in [1.29, 1.82) is 0 Å². The summed E-state index contributed by atoms with van der Waals surface area (Å²) in [6.07, 6.45) is 2.19. The molecule has 1 aromatic carbocycles. The Labute approximate surface area is 107 Å². The largest absolute Gasteiger partial charge is 0.326 e. The van der Waals surface area contributed by atoms with Gasteiger partial charge in [0.1, 0.15) is 0 Å². The van der Waals surface area contributed by atoms with Crippen molar-refractivity contribution in [1.82, 2.24) is 0 Å². The fourth-order valence-electron chi connectivity index (χ4n) is 2.01. The first-order valence-corrected chi connectivity index (χ1v) is 7.28. The maximum absolute atomic E-state index is 12.0. The number of rotatable bonds is 2. The van der Waals surface area contributed by atoms with Gasteiger partial charge in [-0.25, -0.2) is 0 Å². The standard InChI is InChI=1S/C14H19NOS/c1-10-5-6-13(8-11(10)2)15-14(16)12-4-3-7-17-9-12/h5-6,8,12H,3-4,7,9H2,1-2H3,(H,15,16). The van der Waals surface area contributed by atoms with E-state index in [0.29, 0.717) is 0 Å². The van der Waals surface area contributed by atoms with Gasteiger partial charge < -0.3 is 5.32 Å². The molecule has 2 nitrogen and oxygen atoms in total. The van der Waals surface area contributed by atoms with E-state index in [1.165, 1.54) is 16.9 Å². The highest BCUT2D eigenvalue weighted by Crippen LogP contribution is 2.24. The molecule has 0 aromatic heterocycles. The molecule has 0 saturated carbocycles. The zero-order chi connectivity index (χ0) is 12.3. The second-order valence-corrected chi connectivity index (χ2v) is 5.85. The van der Waals surface area contributed by atoms with Gasteiger partial charge in [-0.3, -0.25) is 4.79 Å². The van der Waals surface area contributed by atoms with E-state index in [0.717, 1.165) is 24.3 Å². The number of hydrogen-bond acceptors (Lipinski definition) is 2. The molecule has 92 valence electrons. The van der Waals surface area contributed by atoms with Gasteiger partial charge >= 0.3 is 0 Å². The third-order valence-electron chi connectivity index (χ3n) is 3.31. The number of anilines is 1. The number of carbonyl (C=O) groups excluding carboxylic acids is 1. The summed E-state index contributed by atoms with van der Waals surface area (Å²) in [4.78, 5) is 12.0. The first-order chi connectivity index (χ1) is 8.16. The third kappa shape index (κ3) is 3.25. The lowest BCUT2D eigenvalue weighted by molar-refractivity contribution is -0.119. The normalized spacial score (nSPS) is 20.0. The molecule has 1 heterocycles. The molecule has 3 heteroatoms. The zero-order valence-corrected chi connectivity index (χ0v) is 11.3. The average molecular weight is 249 g/mol. The van der Waals surface area contributed by atoms with E-state index < -0.39 is 0 Å². The van der Waals surface area contributed by atoms with Crippen LogP contribution in [0.3, 0.4) is 0 Å². The molecule has 17 heavy (non-hydrogen) atoms. The van der Waals surface area contributed by atoms with Crippen molar-refractivity contribution in [2.24, 2.45) is 5.92 Å². The van der Waals surface area contributed by atoms with Crippen LogP contribution in [0.5, 0.6) is 0 Å². The highest BCUT2D eigenvalue weighted by atomic mass is 32.2. The molecule has 1 N–H and O–H groups in total. The molecule has 0 radical (unpaired) electrons. The molecule has 1 aromatic rings. The topological polar surface area (TPSA) is 29.1 Å². The van der Waals surface area contributed by atoms with Crippen molar-refractivity contribution < 1.29 is 4.79 Å². The molecule has 1 atom stereocenters. The number of hydrogen-bond donors (Lipinski definition) is 1. The minimum absolute atomic E-state index is 0.181. The Kier molecular flexibility index (Phi) is 4.11. The Bertz CT molecular complexity index is 411. The number of aryl methyl sites for hydroxylation is 2. The van der Waals surface area contributed by atoms with E-state index in [-0.39, 0.29) is 11.8 Å². The van der Waals surface area contributed by atoms with Crippen molar-refractivity contribution in [3.8, 4) is 0 Å². The van der Waals surface area contributed by atoms with E-state index in [1.807, 2.05) is 23.9 Å². The molecule has 0 aliphatic carbocycles. The minimum atomic E-state index is 0.181. The summed E-state index contributed by atoms with van der Waals surface area (Å²) in [6.45, 7) is 4.15. The maximum atomic E-state index is 12.0. The van der Waals surface area contributed by atoms with Crippen LogP contribution in [-0.2, 0) is 4.79 Å². The van der Waals surface area contributed by atoms with E-state index in [4.69, 9.17) is 0 Å². The van der Waals surface area contributed by atoms with Crippen molar-refractivity contribution in [3.63, 3.8) is 0 Å². The number of benzene rings is 1. The number of thioether (sulfide) groups is 1. The Morgan fingerprint density at radius 1 is 1.35 bits per heavy atom. The molecule has 1 saturated heterocycles. The summed E-state index contributed by atoms with van der Waals surface area (Å²) in [5.41, 5.74) is 3.41. The quantitative estimate of drug-likeness (QED) is 0.870. The summed E-state index contributed by atoms with van der Waals surface area (Å²) in [6, 6.07) is 6.08. The van der Waals surface area contributed by atoms with E-state index in [2.05, 4.69) is 25.2 Å². The Balaban J connectivity index is 1.99. The van der Waals surface area contributed by atoms with Crippen LogP contribution in [0.1, 0.15) is 24.0 Å². The predicted molar refractivity (Wildman–Crippen MR) is 74.6 cm³/mol. The molecule has 1 amide bonds. The fourth-order valence-corrected chi connectivity index (χ4v) is 3.15. The number of carbonyl (C=O) groups is 1. The van der Waals surface area contributed by atoms with Crippen LogP contribution in [0.4, 0.5) is 5.69 Å². The fraction of sp³-hybridized carbons (Fsp3) is 0.500. The van der Waals surface area contributed by atoms with Gasteiger partial charge in [-0.05, 0) is 55.7 Å². The van der Waals surface area contributed by atoms with Gasteiger partial charge in [0.15, 0.2) is 0 Å². The lowest BCUT2D eigenvalue weighted by atomic mass is 10.0. The second-order valence-electron chi connectivity index (χ2n) is 4.70. The van der Waals surface area contributed by atoms with Crippen LogP contribution in [0.2, 0.25) is 0 Å². The molecule has 1 fully saturated rings. The monoisotopic (exact) mass is 249 g/mol. The third-order valence-corrected chi connectivity index (χ3v) is 4.52. The number of amides is 1. The van der Waals surface area contributed by atoms with E-state index in [1.54, 1.807) is 0 Å². The first kappa shape index (κ1) is 12.5. The minimum Gasteiger partial charge on any atom is -0.326 e. The van der Waals surface area contributed by atoms with Crippen LogP contribution in [0, 0.1) is 19.8 Å². The Morgan fingerprint density at radius 3 is 2.82 bits per heavy atom. The second kappa shape index (κ2) is 5.58. The SMILES string of the molecule is Cc1ccc(NC(=O)C2CCCSC2)cc1C. The van der Waals surface area contributed by atoms with Crippen LogP contribution in [0.25, 0.3) is 0 Å². The van der Waals surface area contributed by atoms with Gasteiger partial charge in [-0.2, -0.15) is 11.8 Å². The lowest BCUT2D eigenvalue weighted by Gasteiger charge is -2.20. The highest BCUT2D eigenvalue weighted by Gasteiger charge is 2.21. The zero-order valence-electron chi connectivity index (χ0n) is 10.5. The van der Waals surface area contributed by atoms with Crippen molar-refractivity contribution >= 4 is 23.4 Å². The highest BCUT2D eigenvalue weighted by molar-refractivity contribution is 7.99. The molecule has 1 aliphatic rings. The van der Waals surface area contributed by atoms with Crippen LogP contribution in [0.15, 0.2) is 18.2 Å². The van der Waals surface area contributed by atoms with Crippen molar-refractivity contribution in [3.05, 3.63) is 29.3 Å². The lowest BCUT2D eigenvalue weighted by Crippen LogP contribution is -2.27. The Morgan fingerprint density at radius 2 is 2.18 bits per heavy atom. The molecular formula is C14H19NOS. The maximum Gasteiger partial charge on any atom is 0.228 e. The molecule has 1 unspecified atom stereocenters. The van der Waals surface area contributed by atoms with Crippen LogP contribution < -0.4 is 5.32 Å². The molecule has 1 aliphatic heterocycles.